The van der Waals surface area contributed by atoms with Crippen LogP contribution >= 0.6 is 7.82 Å². The summed E-state index contributed by atoms with van der Waals surface area (Å²) in [5.41, 5.74) is 0. The summed E-state index contributed by atoms with van der Waals surface area (Å²) < 4.78 is 23.7. The third-order valence-electron chi connectivity index (χ3n) is 11.3. The van der Waals surface area contributed by atoms with Crippen LogP contribution in [0, 0.1) is 0 Å². The number of aliphatic hydroxyl groups is 1. The third-order valence-corrected chi connectivity index (χ3v) is 12.3. The summed E-state index contributed by atoms with van der Waals surface area (Å²) in [5, 5.41) is 14.0. The fraction of sp³-hybridized carbons (Fsp3) is 0.702. The zero-order valence-electron chi connectivity index (χ0n) is 43.1. The number of carbonyl (C=O) groups is 1. The maximum absolute atomic E-state index is 12.9. The molecule has 1 amide bonds. The van der Waals surface area contributed by atoms with Gasteiger partial charge in [0.15, 0.2) is 0 Å². The number of likely N-dealkylation sites (N-methyl/N-ethyl adjacent to an activating group) is 1. The van der Waals surface area contributed by atoms with E-state index in [-0.39, 0.29) is 19.1 Å². The molecule has 3 atom stereocenters. The van der Waals surface area contributed by atoms with E-state index in [0.29, 0.717) is 23.9 Å². The Kier molecular flexibility index (Phi) is 45.6. The number of phosphoric ester groups is 1. The number of allylic oxidation sites excluding steroid dienone is 16. The highest BCUT2D eigenvalue weighted by molar-refractivity contribution is 7.47. The lowest BCUT2D eigenvalue weighted by Gasteiger charge is -2.26. The van der Waals surface area contributed by atoms with E-state index < -0.39 is 20.0 Å². The number of nitrogens with one attached hydrogen (secondary N) is 1. The maximum atomic E-state index is 12.9. The van der Waals surface area contributed by atoms with Crippen molar-refractivity contribution < 1.29 is 32.9 Å². The summed E-state index contributed by atoms with van der Waals surface area (Å²) in [6, 6.07) is -0.775. The Labute approximate surface area is 407 Å². The number of amides is 1. The zero-order chi connectivity index (χ0) is 48.5. The first-order valence-corrected chi connectivity index (χ1v) is 28.1. The van der Waals surface area contributed by atoms with Gasteiger partial charge in [-0.1, -0.05) is 220 Å². The number of aliphatic hydroxyl groups excluding tert-OH is 1. The van der Waals surface area contributed by atoms with Crippen molar-refractivity contribution in [1.29, 1.82) is 0 Å². The Balaban J connectivity index is 4.23. The summed E-state index contributed by atoms with van der Waals surface area (Å²) in [6.45, 7) is 4.74. The topological polar surface area (TPSA) is 105 Å². The normalized spacial score (nSPS) is 14.8. The molecule has 0 spiro atoms. The lowest BCUT2D eigenvalue weighted by atomic mass is 10.0. The van der Waals surface area contributed by atoms with Gasteiger partial charge in [-0.05, 0) is 77.0 Å². The second kappa shape index (κ2) is 47.5. The molecule has 0 heterocycles. The van der Waals surface area contributed by atoms with Crippen LogP contribution in [0.2, 0.25) is 0 Å². The second-order valence-electron chi connectivity index (χ2n) is 18.9. The number of unbranched alkanes of at least 4 members (excludes halogenated alkanes) is 18. The highest BCUT2D eigenvalue weighted by Crippen LogP contribution is 2.43. The highest BCUT2D eigenvalue weighted by Gasteiger charge is 2.28. The van der Waals surface area contributed by atoms with Crippen molar-refractivity contribution in [3.8, 4) is 0 Å². The van der Waals surface area contributed by atoms with Gasteiger partial charge in [-0.15, -0.1) is 0 Å². The third kappa shape index (κ3) is 49.3. The monoisotopic (exact) mass is 942 g/mol. The van der Waals surface area contributed by atoms with Crippen LogP contribution in [0.3, 0.4) is 0 Å². The van der Waals surface area contributed by atoms with Crippen LogP contribution in [-0.4, -0.2) is 73.4 Å². The van der Waals surface area contributed by atoms with Crippen LogP contribution in [0.25, 0.3) is 0 Å². The average molecular weight is 942 g/mol. The van der Waals surface area contributed by atoms with Crippen LogP contribution in [0.4, 0.5) is 0 Å². The van der Waals surface area contributed by atoms with E-state index in [1.54, 1.807) is 0 Å². The molecule has 0 saturated carbocycles. The smallest absolute Gasteiger partial charge is 0.391 e. The van der Waals surface area contributed by atoms with Gasteiger partial charge < -0.3 is 19.8 Å². The summed E-state index contributed by atoms with van der Waals surface area (Å²) >= 11 is 0. The highest BCUT2D eigenvalue weighted by atomic mass is 31.2. The van der Waals surface area contributed by atoms with E-state index in [9.17, 15) is 19.4 Å². The van der Waals surface area contributed by atoms with Gasteiger partial charge in [0.05, 0.1) is 39.9 Å². The fourth-order valence-electron chi connectivity index (χ4n) is 7.18. The van der Waals surface area contributed by atoms with Gasteiger partial charge in [0.25, 0.3) is 0 Å². The van der Waals surface area contributed by atoms with E-state index in [0.717, 1.165) is 103 Å². The first-order valence-electron chi connectivity index (χ1n) is 26.6. The van der Waals surface area contributed by atoms with Crippen LogP contribution < -0.4 is 5.32 Å². The van der Waals surface area contributed by atoms with Gasteiger partial charge in [-0.25, -0.2) is 4.57 Å². The molecule has 3 unspecified atom stereocenters. The van der Waals surface area contributed by atoms with Crippen LogP contribution in [0.15, 0.2) is 97.2 Å². The lowest BCUT2D eigenvalue weighted by molar-refractivity contribution is -0.870. The van der Waals surface area contributed by atoms with Crippen molar-refractivity contribution in [2.45, 2.75) is 219 Å². The molecule has 66 heavy (non-hydrogen) atoms. The minimum absolute atomic E-state index is 0.0664. The lowest BCUT2D eigenvalue weighted by Crippen LogP contribution is -2.46. The Morgan fingerprint density at radius 3 is 1.33 bits per heavy atom. The molecule has 0 bridgehead atoms. The van der Waals surface area contributed by atoms with E-state index in [2.05, 4.69) is 116 Å². The standard InChI is InChI=1S/C57H101N2O6P/c1-6-8-10-12-14-16-18-20-21-22-23-24-25-26-27-28-29-30-31-32-33-34-35-36-37-39-41-43-45-47-49-51-57(61)58-55(54-65-66(62,63)64-53-52-59(3,4)5)56(60)50-48-46-44-42-40-38-19-17-15-13-11-9-7-2/h8,10,14,16,20-21,23-24,26-27,29-30,32-33,35-36,55-56,60H,6-7,9,11-13,15,17-19,22,25,28,31,34,37-54H2,1-5H3,(H-,58,61,62,63)/p+1/b10-8-,16-14-,21-20-,24-23-,27-26-,30-29-,33-32-,36-35-. The van der Waals surface area contributed by atoms with Gasteiger partial charge in [-0.2, -0.15) is 0 Å². The SMILES string of the molecule is CC/C=C\C/C=C\C/C=C\C/C=C\C/C=C\C/C=C\C/C=C\C/C=C\CCCCCCCCC(=O)NC(COP(=O)(O)OCC[N+](C)(C)C)C(O)CCCCCCCCCCCCCCC. The number of quaternary nitrogens is 1. The number of carbonyl (C=O) groups excluding carboxylic acids is 1. The molecular weight excluding hydrogens is 840 g/mol. The Morgan fingerprint density at radius 1 is 0.530 bits per heavy atom. The number of nitrogens with zero attached hydrogens (tertiary/aromatic N) is 1. The van der Waals surface area contributed by atoms with Crippen molar-refractivity contribution in [3.05, 3.63) is 97.2 Å². The number of hydrogen-bond acceptors (Lipinski definition) is 5. The summed E-state index contributed by atoms with van der Waals surface area (Å²) in [7, 11) is 1.59. The number of rotatable bonds is 47. The van der Waals surface area contributed by atoms with Crippen molar-refractivity contribution in [2.24, 2.45) is 0 Å². The predicted molar refractivity (Wildman–Crippen MR) is 286 cm³/mol. The average Bonchev–Trinajstić information content (AvgIpc) is 3.28. The second-order valence-corrected chi connectivity index (χ2v) is 20.3. The van der Waals surface area contributed by atoms with Crippen molar-refractivity contribution in [2.75, 3.05) is 40.9 Å². The first-order chi connectivity index (χ1) is 32.0. The van der Waals surface area contributed by atoms with Gasteiger partial charge >= 0.3 is 7.82 Å². The minimum atomic E-state index is -4.33. The molecule has 0 aliphatic heterocycles. The molecule has 0 aromatic rings. The summed E-state index contributed by atoms with van der Waals surface area (Å²) in [6.07, 6.45) is 67.3. The number of phosphoric acid groups is 1. The van der Waals surface area contributed by atoms with Gasteiger partial charge in [-0.3, -0.25) is 13.8 Å². The van der Waals surface area contributed by atoms with Crippen LogP contribution in [0.1, 0.15) is 206 Å². The zero-order valence-corrected chi connectivity index (χ0v) is 44.0. The largest absolute Gasteiger partial charge is 0.472 e. The molecule has 0 aromatic carbocycles. The molecular formula is C57H102N2O6P+. The molecule has 0 radical (unpaired) electrons. The van der Waals surface area contributed by atoms with E-state index >= 15 is 0 Å². The van der Waals surface area contributed by atoms with Crippen LogP contribution in [0.5, 0.6) is 0 Å². The van der Waals surface area contributed by atoms with E-state index in [1.807, 2.05) is 21.1 Å². The molecule has 0 fully saturated rings. The summed E-state index contributed by atoms with van der Waals surface area (Å²) in [5.74, 6) is -0.164. The minimum Gasteiger partial charge on any atom is -0.391 e. The quantitative estimate of drug-likeness (QED) is 0.0243. The van der Waals surface area contributed by atoms with Crippen molar-refractivity contribution in [1.82, 2.24) is 5.32 Å². The fourth-order valence-corrected chi connectivity index (χ4v) is 7.91. The molecule has 380 valence electrons. The molecule has 0 saturated heterocycles. The van der Waals surface area contributed by atoms with Crippen molar-refractivity contribution in [3.63, 3.8) is 0 Å². The predicted octanol–water partition coefficient (Wildman–Crippen LogP) is 15.9. The van der Waals surface area contributed by atoms with Gasteiger partial charge in [0, 0.05) is 6.42 Å². The molecule has 8 nitrogen and oxygen atoms in total. The molecule has 0 aliphatic carbocycles. The first kappa shape index (κ1) is 63.4. The molecule has 0 aromatic heterocycles. The molecule has 3 N–H and O–H groups in total. The molecule has 0 aliphatic rings. The Morgan fingerprint density at radius 2 is 0.909 bits per heavy atom. The van der Waals surface area contributed by atoms with Gasteiger partial charge in [0.1, 0.15) is 13.2 Å². The molecule has 9 heteroatoms. The van der Waals surface area contributed by atoms with Crippen molar-refractivity contribution >= 4 is 13.7 Å². The number of hydrogen-bond donors (Lipinski definition) is 3. The maximum Gasteiger partial charge on any atom is 0.472 e. The Bertz CT molecular complexity index is 1390. The van der Waals surface area contributed by atoms with E-state index in [1.165, 1.54) is 77.0 Å². The van der Waals surface area contributed by atoms with Gasteiger partial charge in [0.2, 0.25) is 5.91 Å². The summed E-state index contributed by atoms with van der Waals surface area (Å²) in [4.78, 5) is 23.2. The molecule has 0 rings (SSSR count). The van der Waals surface area contributed by atoms with E-state index in [4.69, 9.17) is 9.05 Å². The Hall–Kier alpha value is -2.58. The van der Waals surface area contributed by atoms with Crippen LogP contribution in [-0.2, 0) is 18.4 Å².